The van der Waals surface area contributed by atoms with E-state index in [1.54, 1.807) is 11.1 Å². The van der Waals surface area contributed by atoms with Crippen LogP contribution in [0.5, 0.6) is 5.88 Å². The molecule has 37 heavy (non-hydrogen) atoms. The minimum Gasteiger partial charge on any atom is -0.475 e. The molecule has 1 aromatic carbocycles. The first-order valence-corrected chi connectivity index (χ1v) is 13.7. The van der Waals surface area contributed by atoms with Gasteiger partial charge in [-0.2, -0.15) is 4.98 Å². The lowest BCUT2D eigenvalue weighted by Crippen LogP contribution is -2.16. The third-order valence-electron chi connectivity index (χ3n) is 6.61. The molecule has 1 aromatic heterocycles. The minimum absolute atomic E-state index is 0.0760. The van der Waals surface area contributed by atoms with Gasteiger partial charge in [0, 0.05) is 23.4 Å². The molecule has 2 aliphatic rings. The van der Waals surface area contributed by atoms with E-state index in [0.29, 0.717) is 18.3 Å². The zero-order valence-corrected chi connectivity index (χ0v) is 23.7. The lowest BCUT2D eigenvalue weighted by molar-refractivity contribution is 0.228. The average molecular weight is 500 g/mol. The lowest BCUT2D eigenvalue weighted by Gasteiger charge is -2.18. The Morgan fingerprint density at radius 2 is 1.70 bits per heavy atom. The predicted octanol–water partition coefficient (Wildman–Crippen LogP) is 7.42. The summed E-state index contributed by atoms with van der Waals surface area (Å²) >= 11 is 0. The molecule has 1 N–H and O–H groups in total. The van der Waals surface area contributed by atoms with Crippen LogP contribution in [0.2, 0.25) is 0 Å². The lowest BCUT2D eigenvalue weighted by atomic mass is 9.92. The number of terminal acetylenes is 1. The minimum atomic E-state index is 0.0760. The van der Waals surface area contributed by atoms with Crippen molar-refractivity contribution < 1.29 is 4.74 Å². The number of allylic oxidation sites excluding steroid dienone is 6. The van der Waals surface area contributed by atoms with Gasteiger partial charge in [0.1, 0.15) is 0 Å². The monoisotopic (exact) mass is 499 g/mol. The molecule has 1 unspecified atom stereocenters. The van der Waals surface area contributed by atoms with Gasteiger partial charge in [0.2, 0.25) is 5.88 Å². The fourth-order valence-corrected chi connectivity index (χ4v) is 4.63. The van der Waals surface area contributed by atoms with E-state index in [1.807, 2.05) is 27.8 Å². The smallest absolute Gasteiger partial charge is 0.222 e. The van der Waals surface area contributed by atoms with Crippen LogP contribution in [0.1, 0.15) is 81.6 Å². The van der Waals surface area contributed by atoms with Gasteiger partial charge in [0.15, 0.2) is 5.82 Å². The van der Waals surface area contributed by atoms with Gasteiger partial charge in [0.05, 0.1) is 6.10 Å². The van der Waals surface area contributed by atoms with Crippen LogP contribution in [-0.4, -0.2) is 23.1 Å². The number of benzene rings is 1. The number of aromatic nitrogens is 2. The van der Waals surface area contributed by atoms with Gasteiger partial charge < -0.3 is 10.1 Å². The molecule has 4 nitrogen and oxygen atoms in total. The van der Waals surface area contributed by atoms with E-state index in [1.165, 1.54) is 31.3 Å². The van der Waals surface area contributed by atoms with Crippen LogP contribution in [0, 0.1) is 25.7 Å². The van der Waals surface area contributed by atoms with Crippen molar-refractivity contribution >= 4 is 5.57 Å². The summed E-state index contributed by atoms with van der Waals surface area (Å²) in [5.74, 6) is 1.86. The normalized spacial score (nSPS) is 16.2. The van der Waals surface area contributed by atoms with E-state index in [9.17, 15) is 0 Å². The SMILES string of the molecule is C#C.CCC1=CC=CC(CC)C=C1c1nc(C)c(CNC)c(OC(C)C)n1.c1ccc2c(c1)CCCC2. The average Bonchev–Trinajstić information content (AvgIpc) is 3.14. The van der Waals surface area contributed by atoms with Crippen molar-refractivity contribution in [3.8, 4) is 18.7 Å². The van der Waals surface area contributed by atoms with Gasteiger partial charge in [-0.15, -0.1) is 12.8 Å². The third kappa shape index (κ3) is 8.72. The second-order valence-corrected chi connectivity index (χ2v) is 9.67. The van der Waals surface area contributed by atoms with Crippen LogP contribution in [0.25, 0.3) is 5.57 Å². The number of rotatable bonds is 7. The standard InChI is InChI=1S/C21H31N3O.C10H12.C2H2/c1-7-16-10-9-11-17(8-2)18(12-16)20-23-15(5)19(13-22-6)21(24-20)25-14(3)4;1-2-6-10-8-4-3-7-9(10)5-1;1-2/h9-12,14,16,22H,7-8,13H2,1-6H3;1-2,5-6H,3-4,7-8H2;1-2H. The van der Waals surface area contributed by atoms with Crippen molar-refractivity contribution in [2.75, 3.05) is 7.05 Å². The first kappa shape index (κ1) is 30.1. The molecule has 0 saturated heterocycles. The number of nitrogens with zero attached hydrogens (tertiary/aromatic N) is 2. The topological polar surface area (TPSA) is 47.0 Å². The molecular formula is C33H45N3O. The highest BCUT2D eigenvalue weighted by molar-refractivity contribution is 5.77. The zero-order chi connectivity index (χ0) is 27.2. The van der Waals surface area contributed by atoms with Crippen molar-refractivity contribution in [3.05, 3.63) is 82.4 Å². The number of ether oxygens (including phenoxy) is 1. The summed E-state index contributed by atoms with van der Waals surface area (Å²) in [7, 11) is 1.93. The molecule has 2 aromatic rings. The van der Waals surface area contributed by atoms with Crippen molar-refractivity contribution in [2.45, 2.75) is 85.8 Å². The van der Waals surface area contributed by atoms with Crippen molar-refractivity contribution in [1.29, 1.82) is 0 Å². The molecule has 2 aliphatic carbocycles. The van der Waals surface area contributed by atoms with Crippen molar-refractivity contribution in [3.63, 3.8) is 0 Å². The molecule has 4 heteroatoms. The Labute approximate surface area is 225 Å². The van der Waals surface area contributed by atoms with E-state index in [-0.39, 0.29) is 6.10 Å². The quantitative estimate of drug-likeness (QED) is 0.403. The van der Waals surface area contributed by atoms with Crippen LogP contribution in [0.4, 0.5) is 0 Å². The summed E-state index contributed by atoms with van der Waals surface area (Å²) in [4.78, 5) is 9.64. The fourth-order valence-electron chi connectivity index (χ4n) is 4.63. The summed E-state index contributed by atoms with van der Waals surface area (Å²) in [6.45, 7) is 11.2. The van der Waals surface area contributed by atoms with Crippen LogP contribution >= 0.6 is 0 Å². The largest absolute Gasteiger partial charge is 0.475 e. The molecule has 0 radical (unpaired) electrons. The molecule has 0 saturated carbocycles. The maximum absolute atomic E-state index is 6.01. The summed E-state index contributed by atoms with van der Waals surface area (Å²) in [5, 5.41) is 3.19. The van der Waals surface area contributed by atoms with Crippen LogP contribution < -0.4 is 10.1 Å². The number of aryl methyl sites for hydroxylation is 3. The summed E-state index contributed by atoms with van der Waals surface area (Å²) in [5.41, 5.74) is 7.55. The Morgan fingerprint density at radius 1 is 1.05 bits per heavy atom. The van der Waals surface area contributed by atoms with Gasteiger partial charge in [-0.1, -0.05) is 62.4 Å². The molecule has 4 rings (SSSR count). The van der Waals surface area contributed by atoms with Gasteiger partial charge in [-0.3, -0.25) is 0 Å². The second kappa shape index (κ2) is 15.8. The molecule has 0 fully saturated rings. The maximum atomic E-state index is 6.01. The first-order valence-electron chi connectivity index (χ1n) is 13.7. The van der Waals surface area contributed by atoms with Gasteiger partial charge in [0.25, 0.3) is 0 Å². The van der Waals surface area contributed by atoms with Gasteiger partial charge in [-0.05, 0) is 89.0 Å². The van der Waals surface area contributed by atoms with Crippen molar-refractivity contribution in [1.82, 2.24) is 15.3 Å². The molecule has 1 atom stereocenters. The molecule has 0 spiro atoms. The summed E-state index contributed by atoms with van der Waals surface area (Å²) in [6.07, 6.45) is 24.4. The maximum Gasteiger partial charge on any atom is 0.222 e. The molecule has 198 valence electrons. The second-order valence-electron chi connectivity index (χ2n) is 9.67. The molecular weight excluding hydrogens is 454 g/mol. The third-order valence-corrected chi connectivity index (χ3v) is 6.61. The number of fused-ring (bicyclic) bond motifs is 1. The highest BCUT2D eigenvalue weighted by Crippen LogP contribution is 2.31. The Morgan fingerprint density at radius 3 is 2.24 bits per heavy atom. The first-order chi connectivity index (χ1) is 18.0. The van der Waals surface area contributed by atoms with Crippen LogP contribution in [0.15, 0.2) is 54.1 Å². The van der Waals surface area contributed by atoms with Crippen LogP contribution in [-0.2, 0) is 19.4 Å². The molecule has 1 heterocycles. The van der Waals surface area contributed by atoms with E-state index in [0.717, 1.165) is 35.5 Å². The number of hydrogen-bond donors (Lipinski definition) is 1. The zero-order valence-electron chi connectivity index (χ0n) is 23.7. The highest BCUT2D eigenvalue weighted by Gasteiger charge is 2.19. The number of nitrogens with one attached hydrogen (secondary N) is 1. The molecule has 0 amide bonds. The number of hydrogen-bond acceptors (Lipinski definition) is 4. The van der Waals surface area contributed by atoms with Gasteiger partial charge in [-0.25, -0.2) is 4.98 Å². The summed E-state index contributed by atoms with van der Waals surface area (Å²) in [6, 6.07) is 8.80. The van der Waals surface area contributed by atoms with E-state index < -0.39 is 0 Å². The van der Waals surface area contributed by atoms with Crippen LogP contribution in [0.3, 0.4) is 0 Å². The highest BCUT2D eigenvalue weighted by atomic mass is 16.5. The Kier molecular flexibility index (Phi) is 12.9. The van der Waals surface area contributed by atoms with E-state index in [2.05, 4.69) is 80.6 Å². The summed E-state index contributed by atoms with van der Waals surface area (Å²) < 4.78 is 6.01. The molecule has 0 bridgehead atoms. The molecule has 0 aliphatic heterocycles. The fraction of sp³-hybridized carbons (Fsp3) is 0.455. The Balaban J connectivity index is 0.000000330. The Bertz CT molecular complexity index is 1080. The van der Waals surface area contributed by atoms with Gasteiger partial charge >= 0.3 is 0 Å². The van der Waals surface area contributed by atoms with Crippen molar-refractivity contribution in [2.24, 2.45) is 5.92 Å². The predicted molar refractivity (Wildman–Crippen MR) is 158 cm³/mol. The Hall–Kier alpha value is -3.16. The van der Waals surface area contributed by atoms with E-state index in [4.69, 9.17) is 14.7 Å². The van der Waals surface area contributed by atoms with E-state index >= 15 is 0 Å².